The Bertz CT molecular complexity index is 305. The highest BCUT2D eigenvalue weighted by molar-refractivity contribution is 6.08. The van der Waals surface area contributed by atoms with Crippen LogP contribution in [0.4, 0.5) is 0 Å². The van der Waals surface area contributed by atoms with Crippen molar-refractivity contribution in [2.75, 3.05) is 0 Å². The lowest BCUT2D eigenvalue weighted by Crippen LogP contribution is -1.94. The van der Waals surface area contributed by atoms with E-state index in [1.54, 1.807) is 24.3 Å². The van der Waals surface area contributed by atoms with E-state index in [0.717, 1.165) is 0 Å². The van der Waals surface area contributed by atoms with E-state index in [1.807, 2.05) is 6.07 Å². The summed E-state index contributed by atoms with van der Waals surface area (Å²) in [5.74, 6) is 2.01. The van der Waals surface area contributed by atoms with Crippen LogP contribution < -0.4 is 5.73 Å². The normalized spacial score (nSPS) is 8.00. The maximum absolute atomic E-state index is 11.0. The Hall–Kier alpha value is -1.75. The summed E-state index contributed by atoms with van der Waals surface area (Å²) in [5.41, 5.74) is 5.46. The van der Waals surface area contributed by atoms with E-state index in [9.17, 15) is 4.79 Å². The first kappa shape index (κ1) is 7.36. The van der Waals surface area contributed by atoms with E-state index in [2.05, 4.69) is 12.0 Å². The van der Waals surface area contributed by atoms with Gasteiger partial charge in [0.05, 0.1) is 0 Å². The van der Waals surface area contributed by atoms with Gasteiger partial charge in [-0.05, 0) is 5.92 Å². The molecule has 0 aliphatic carbocycles. The zero-order valence-electron chi connectivity index (χ0n) is 5.87. The number of Topliss-reactive ketones (excluding diaryl/α,β-unsaturated/α-hetero) is 1. The van der Waals surface area contributed by atoms with Crippen molar-refractivity contribution in [1.82, 2.24) is 0 Å². The van der Waals surface area contributed by atoms with Crippen molar-refractivity contribution in [2.24, 2.45) is 5.73 Å². The van der Waals surface area contributed by atoms with Gasteiger partial charge in [-0.15, -0.1) is 0 Å². The molecule has 0 radical (unpaired) electrons. The molecule has 1 rings (SSSR count). The summed E-state index contributed by atoms with van der Waals surface area (Å²) >= 11 is 0. The minimum atomic E-state index is -0.242. The predicted molar refractivity (Wildman–Crippen MR) is 42.7 cm³/mol. The quantitative estimate of drug-likeness (QED) is 0.360. The fraction of sp³-hybridized carbons (Fsp3) is 0. The fourth-order valence-corrected chi connectivity index (χ4v) is 0.727. The number of carbonyl (C=O) groups is 1. The topological polar surface area (TPSA) is 43.1 Å². The number of nitrogens with two attached hydrogens (primary N) is 1. The molecule has 0 aliphatic heterocycles. The van der Waals surface area contributed by atoms with Gasteiger partial charge in [0.25, 0.3) is 0 Å². The number of hydrogen-bond acceptors (Lipinski definition) is 2. The molecule has 0 aromatic heterocycles. The number of hydrogen-bond donors (Lipinski definition) is 1. The van der Waals surface area contributed by atoms with Crippen LogP contribution in [-0.2, 0) is 0 Å². The summed E-state index contributed by atoms with van der Waals surface area (Å²) in [6.07, 6.45) is 0. The molecule has 11 heavy (non-hydrogen) atoms. The van der Waals surface area contributed by atoms with Crippen molar-refractivity contribution in [3.63, 3.8) is 0 Å². The maximum atomic E-state index is 11.0. The van der Waals surface area contributed by atoms with E-state index in [-0.39, 0.29) is 5.78 Å². The molecule has 0 unspecified atom stereocenters. The van der Waals surface area contributed by atoms with Gasteiger partial charge in [0.15, 0.2) is 0 Å². The van der Waals surface area contributed by atoms with Gasteiger partial charge < -0.3 is 5.73 Å². The lowest BCUT2D eigenvalue weighted by atomic mass is 10.1. The Balaban J connectivity index is 2.92. The summed E-state index contributed by atoms with van der Waals surface area (Å²) < 4.78 is 0. The minimum Gasteiger partial charge on any atom is -0.359 e. The van der Waals surface area contributed by atoms with Crippen LogP contribution in [0.2, 0.25) is 0 Å². The van der Waals surface area contributed by atoms with Crippen LogP contribution in [0.3, 0.4) is 0 Å². The molecule has 2 N–H and O–H groups in total. The highest BCUT2D eigenvalue weighted by Crippen LogP contribution is 1.97. The maximum Gasteiger partial charge on any atom is 0.237 e. The Morgan fingerprint density at radius 1 is 1.27 bits per heavy atom. The highest BCUT2D eigenvalue weighted by atomic mass is 16.1. The van der Waals surface area contributed by atoms with Gasteiger partial charge in [0.1, 0.15) is 0 Å². The highest BCUT2D eigenvalue weighted by Gasteiger charge is 1.97. The molecule has 0 aliphatic rings. The van der Waals surface area contributed by atoms with Crippen molar-refractivity contribution in [2.45, 2.75) is 0 Å². The summed E-state index contributed by atoms with van der Waals surface area (Å²) in [4.78, 5) is 11.0. The molecule has 54 valence electrons. The monoisotopic (exact) mass is 145 g/mol. The molecular weight excluding hydrogens is 138 g/mol. The molecule has 0 saturated carbocycles. The van der Waals surface area contributed by atoms with Crippen LogP contribution in [0.1, 0.15) is 10.4 Å². The van der Waals surface area contributed by atoms with Crippen molar-refractivity contribution >= 4 is 5.78 Å². The minimum absolute atomic E-state index is 0.242. The Morgan fingerprint density at radius 2 is 1.91 bits per heavy atom. The average Bonchev–Trinajstić information content (AvgIpc) is 2.07. The Morgan fingerprint density at radius 3 is 2.45 bits per heavy atom. The van der Waals surface area contributed by atoms with E-state index >= 15 is 0 Å². The van der Waals surface area contributed by atoms with Gasteiger partial charge >= 0.3 is 0 Å². The third-order valence-electron chi connectivity index (χ3n) is 1.22. The van der Waals surface area contributed by atoms with Crippen LogP contribution in [0.5, 0.6) is 0 Å². The third-order valence-corrected chi connectivity index (χ3v) is 1.22. The van der Waals surface area contributed by atoms with Gasteiger partial charge in [0.2, 0.25) is 5.78 Å². The van der Waals surface area contributed by atoms with Crippen LogP contribution in [-0.4, -0.2) is 5.78 Å². The van der Waals surface area contributed by atoms with E-state index < -0.39 is 0 Å². The smallest absolute Gasteiger partial charge is 0.237 e. The van der Waals surface area contributed by atoms with Crippen molar-refractivity contribution in [3.8, 4) is 12.0 Å². The molecule has 0 fully saturated rings. The summed E-state index contributed by atoms with van der Waals surface area (Å²) in [7, 11) is 0. The number of carbonyl (C=O) groups excluding carboxylic acids is 1. The molecular formula is C9H7NO. The van der Waals surface area contributed by atoms with Crippen LogP contribution in [0, 0.1) is 12.0 Å². The van der Waals surface area contributed by atoms with Gasteiger partial charge in [0, 0.05) is 11.6 Å². The summed E-state index contributed by atoms with van der Waals surface area (Å²) in [5, 5.41) is 0. The molecule has 0 saturated heterocycles. The molecule has 2 nitrogen and oxygen atoms in total. The second-order valence-electron chi connectivity index (χ2n) is 1.96. The van der Waals surface area contributed by atoms with Gasteiger partial charge in [-0.1, -0.05) is 30.3 Å². The number of rotatable bonds is 1. The summed E-state index contributed by atoms with van der Waals surface area (Å²) in [6, 6.07) is 10.9. The lowest BCUT2D eigenvalue weighted by molar-refractivity contribution is 0.105. The molecule has 0 spiro atoms. The lowest BCUT2D eigenvalue weighted by Gasteiger charge is -1.89. The molecule has 2 heteroatoms. The predicted octanol–water partition coefficient (Wildman–Crippen LogP) is 0.789. The van der Waals surface area contributed by atoms with Crippen molar-refractivity contribution in [3.05, 3.63) is 35.9 Å². The molecule has 0 atom stereocenters. The van der Waals surface area contributed by atoms with E-state index in [1.165, 1.54) is 0 Å². The average molecular weight is 145 g/mol. The van der Waals surface area contributed by atoms with Crippen LogP contribution in [0.25, 0.3) is 0 Å². The molecule has 1 aromatic rings. The van der Waals surface area contributed by atoms with E-state index in [4.69, 9.17) is 5.73 Å². The zero-order chi connectivity index (χ0) is 8.10. The third kappa shape index (κ3) is 1.84. The first-order valence-corrected chi connectivity index (χ1v) is 3.15. The number of ketones is 1. The van der Waals surface area contributed by atoms with E-state index in [0.29, 0.717) is 5.56 Å². The standard InChI is InChI=1S/C9H7NO/c10-7-6-9(11)8-4-2-1-3-5-8/h1-5H,10H2. The number of benzene rings is 1. The molecule has 1 aromatic carbocycles. The van der Waals surface area contributed by atoms with Crippen molar-refractivity contribution < 1.29 is 4.79 Å². The largest absolute Gasteiger partial charge is 0.359 e. The summed E-state index contributed by atoms with van der Waals surface area (Å²) in [6.45, 7) is 0. The molecule has 0 heterocycles. The zero-order valence-corrected chi connectivity index (χ0v) is 5.87. The van der Waals surface area contributed by atoms with Gasteiger partial charge in [-0.2, -0.15) is 0 Å². The SMILES string of the molecule is NC#CC(=O)c1ccccc1. The van der Waals surface area contributed by atoms with Gasteiger partial charge in [-0.25, -0.2) is 0 Å². The second kappa shape index (κ2) is 3.43. The first-order chi connectivity index (χ1) is 5.34. The molecule has 0 amide bonds. The second-order valence-corrected chi connectivity index (χ2v) is 1.96. The fourth-order valence-electron chi connectivity index (χ4n) is 0.727. The Kier molecular flexibility index (Phi) is 2.29. The van der Waals surface area contributed by atoms with Gasteiger partial charge in [-0.3, -0.25) is 4.79 Å². The van der Waals surface area contributed by atoms with Crippen LogP contribution >= 0.6 is 0 Å². The van der Waals surface area contributed by atoms with Crippen LogP contribution in [0.15, 0.2) is 30.3 Å². The first-order valence-electron chi connectivity index (χ1n) is 3.15. The molecule has 0 bridgehead atoms. The van der Waals surface area contributed by atoms with Crippen molar-refractivity contribution in [1.29, 1.82) is 0 Å². The Labute approximate surface area is 65.0 Å².